The third-order valence-electron chi connectivity index (χ3n) is 3.83. The van der Waals surface area contributed by atoms with Gasteiger partial charge in [0, 0.05) is 24.1 Å². The number of rotatable bonds is 4. The number of hydrogen-bond donors (Lipinski definition) is 0. The van der Waals surface area contributed by atoms with Crippen molar-refractivity contribution < 1.29 is 9.32 Å². The minimum atomic E-state index is 0.239. The van der Waals surface area contributed by atoms with Gasteiger partial charge in [-0.2, -0.15) is 0 Å². The van der Waals surface area contributed by atoms with E-state index in [4.69, 9.17) is 4.52 Å². The number of piperidine rings is 1. The smallest absolute Gasteiger partial charge is 0.167 e. The third-order valence-corrected chi connectivity index (χ3v) is 3.83. The van der Waals surface area contributed by atoms with E-state index in [1.54, 1.807) is 0 Å². The predicted molar refractivity (Wildman–Crippen MR) is 76.0 cm³/mol. The van der Waals surface area contributed by atoms with Crippen molar-refractivity contribution in [3.05, 3.63) is 42.1 Å². The Kier molecular flexibility index (Phi) is 3.92. The maximum absolute atomic E-state index is 10.7. The lowest BCUT2D eigenvalue weighted by Gasteiger charge is -2.28. The molecule has 4 nitrogen and oxygen atoms in total. The molecule has 1 saturated heterocycles. The summed E-state index contributed by atoms with van der Waals surface area (Å²) in [6.45, 7) is 2.70. The fourth-order valence-corrected chi connectivity index (χ4v) is 2.60. The molecular formula is C16H18N2O2. The van der Waals surface area contributed by atoms with Gasteiger partial charge in [-0.15, -0.1) is 0 Å². The molecule has 0 radical (unpaired) electrons. The molecule has 104 valence electrons. The normalized spacial score (nSPS) is 17.2. The van der Waals surface area contributed by atoms with Crippen LogP contribution in [0.2, 0.25) is 0 Å². The zero-order valence-corrected chi connectivity index (χ0v) is 11.4. The topological polar surface area (TPSA) is 46.3 Å². The van der Waals surface area contributed by atoms with Crippen LogP contribution < -0.4 is 0 Å². The number of nitrogens with zero attached hydrogens (tertiary/aromatic N) is 2. The Hall–Kier alpha value is -1.94. The molecule has 1 aromatic heterocycles. The monoisotopic (exact) mass is 270 g/mol. The maximum atomic E-state index is 10.7. The van der Waals surface area contributed by atoms with Crippen LogP contribution >= 0.6 is 0 Å². The molecule has 1 aromatic carbocycles. The Morgan fingerprint density at radius 2 is 2.00 bits per heavy atom. The highest BCUT2D eigenvalue weighted by molar-refractivity contribution is 5.56. The van der Waals surface area contributed by atoms with Gasteiger partial charge in [-0.25, -0.2) is 0 Å². The fraction of sp³-hybridized carbons (Fsp3) is 0.375. The number of hydrogen-bond acceptors (Lipinski definition) is 4. The highest BCUT2D eigenvalue weighted by Gasteiger charge is 2.19. The number of benzene rings is 1. The van der Waals surface area contributed by atoms with E-state index < -0.39 is 0 Å². The van der Waals surface area contributed by atoms with Crippen molar-refractivity contribution in [1.82, 2.24) is 10.1 Å². The molecule has 1 aliphatic heterocycles. The maximum Gasteiger partial charge on any atom is 0.167 e. The van der Waals surface area contributed by atoms with Crippen molar-refractivity contribution in [1.29, 1.82) is 0 Å². The predicted octanol–water partition coefficient (Wildman–Crippen LogP) is 2.75. The highest BCUT2D eigenvalue weighted by atomic mass is 16.5. The van der Waals surface area contributed by atoms with E-state index >= 15 is 0 Å². The second-order valence-corrected chi connectivity index (χ2v) is 5.30. The number of aromatic nitrogens is 1. The van der Waals surface area contributed by atoms with Crippen LogP contribution in [0.25, 0.3) is 11.3 Å². The van der Waals surface area contributed by atoms with Gasteiger partial charge in [0.05, 0.1) is 5.69 Å². The molecule has 1 aliphatic rings. The lowest BCUT2D eigenvalue weighted by molar-refractivity contribution is -0.112. The molecule has 4 heteroatoms. The van der Waals surface area contributed by atoms with Crippen molar-refractivity contribution in [2.24, 2.45) is 5.92 Å². The van der Waals surface area contributed by atoms with Crippen molar-refractivity contribution in [2.75, 3.05) is 13.1 Å². The largest absolute Gasteiger partial charge is 0.356 e. The van der Waals surface area contributed by atoms with Crippen LogP contribution in [0.1, 0.15) is 18.5 Å². The number of carbonyl (C=O) groups is 1. The highest BCUT2D eigenvalue weighted by Crippen LogP contribution is 2.22. The van der Waals surface area contributed by atoms with Crippen LogP contribution in [0.15, 0.2) is 40.9 Å². The molecule has 0 unspecified atom stereocenters. The summed E-state index contributed by atoms with van der Waals surface area (Å²) in [7, 11) is 0. The minimum Gasteiger partial charge on any atom is -0.356 e. The third kappa shape index (κ3) is 2.96. The van der Waals surface area contributed by atoms with Crippen molar-refractivity contribution in [2.45, 2.75) is 19.4 Å². The molecule has 0 bridgehead atoms. The summed E-state index contributed by atoms with van der Waals surface area (Å²) >= 11 is 0. The first-order valence-corrected chi connectivity index (χ1v) is 7.04. The first kappa shape index (κ1) is 13.1. The molecule has 2 heterocycles. The summed E-state index contributed by atoms with van der Waals surface area (Å²) in [5.41, 5.74) is 2.00. The SMILES string of the molecule is O=CC1CCN(Cc2cc(-c3ccccc3)on2)CC1. The summed E-state index contributed by atoms with van der Waals surface area (Å²) in [4.78, 5) is 13.1. The minimum absolute atomic E-state index is 0.239. The molecule has 0 aliphatic carbocycles. The summed E-state index contributed by atoms with van der Waals surface area (Å²) in [5, 5.41) is 4.14. The van der Waals surface area contributed by atoms with E-state index in [1.165, 1.54) is 0 Å². The second-order valence-electron chi connectivity index (χ2n) is 5.30. The Morgan fingerprint density at radius 1 is 1.25 bits per heavy atom. The van der Waals surface area contributed by atoms with Gasteiger partial charge in [-0.05, 0) is 25.9 Å². The van der Waals surface area contributed by atoms with E-state index in [2.05, 4.69) is 10.1 Å². The van der Waals surface area contributed by atoms with E-state index in [-0.39, 0.29) is 5.92 Å². The zero-order chi connectivity index (χ0) is 13.8. The second kappa shape index (κ2) is 6.01. The lowest BCUT2D eigenvalue weighted by Crippen LogP contribution is -2.33. The molecule has 0 N–H and O–H groups in total. The number of aldehydes is 1. The first-order chi connectivity index (χ1) is 9.85. The van der Waals surface area contributed by atoms with Crippen molar-refractivity contribution >= 4 is 6.29 Å². The molecule has 0 saturated carbocycles. The Morgan fingerprint density at radius 3 is 2.70 bits per heavy atom. The Labute approximate surface area is 118 Å². The van der Waals surface area contributed by atoms with E-state index in [0.29, 0.717) is 0 Å². The molecule has 0 spiro atoms. The average Bonchev–Trinajstić information content (AvgIpc) is 2.97. The van der Waals surface area contributed by atoms with Crippen LogP contribution in [0.4, 0.5) is 0 Å². The van der Waals surface area contributed by atoms with Crippen molar-refractivity contribution in [3.8, 4) is 11.3 Å². The van der Waals surface area contributed by atoms with Gasteiger partial charge in [0.15, 0.2) is 5.76 Å². The molecule has 1 fully saturated rings. The van der Waals surface area contributed by atoms with Crippen molar-refractivity contribution in [3.63, 3.8) is 0 Å². The van der Waals surface area contributed by atoms with Gasteiger partial charge in [0.1, 0.15) is 6.29 Å². The standard InChI is InChI=1S/C16H18N2O2/c19-12-13-6-8-18(9-7-13)11-15-10-16(20-17-15)14-4-2-1-3-5-14/h1-5,10,12-13H,6-9,11H2. The van der Waals surface area contributed by atoms with E-state index in [0.717, 1.165) is 55.8 Å². The molecular weight excluding hydrogens is 252 g/mol. The van der Waals surface area contributed by atoms with Crippen LogP contribution in [-0.4, -0.2) is 29.4 Å². The summed E-state index contributed by atoms with van der Waals surface area (Å²) < 4.78 is 5.40. The van der Waals surface area contributed by atoms with Crippen LogP contribution in [0.3, 0.4) is 0 Å². The van der Waals surface area contributed by atoms with Crippen LogP contribution in [0, 0.1) is 5.92 Å². The van der Waals surface area contributed by atoms with Gasteiger partial charge in [0.25, 0.3) is 0 Å². The quantitative estimate of drug-likeness (QED) is 0.801. The Bertz CT molecular complexity index is 557. The number of carbonyl (C=O) groups excluding carboxylic acids is 1. The molecule has 2 aromatic rings. The fourth-order valence-electron chi connectivity index (χ4n) is 2.60. The van der Waals surface area contributed by atoms with Gasteiger partial charge < -0.3 is 9.32 Å². The average molecular weight is 270 g/mol. The first-order valence-electron chi connectivity index (χ1n) is 7.04. The van der Waals surface area contributed by atoms with Gasteiger partial charge >= 0.3 is 0 Å². The zero-order valence-electron chi connectivity index (χ0n) is 11.4. The summed E-state index contributed by atoms with van der Waals surface area (Å²) in [6, 6.07) is 12.0. The molecule has 3 rings (SSSR count). The molecule has 20 heavy (non-hydrogen) atoms. The van der Waals surface area contributed by atoms with Crippen LogP contribution in [-0.2, 0) is 11.3 Å². The van der Waals surface area contributed by atoms with Gasteiger partial charge in [-0.1, -0.05) is 35.5 Å². The number of likely N-dealkylation sites (tertiary alicyclic amines) is 1. The Balaban J connectivity index is 1.62. The van der Waals surface area contributed by atoms with Gasteiger partial charge in [0.2, 0.25) is 0 Å². The molecule has 0 amide bonds. The molecule has 0 atom stereocenters. The lowest BCUT2D eigenvalue weighted by atomic mass is 9.98. The van der Waals surface area contributed by atoms with Crippen LogP contribution in [0.5, 0.6) is 0 Å². The van der Waals surface area contributed by atoms with E-state index in [9.17, 15) is 4.79 Å². The summed E-state index contributed by atoms with van der Waals surface area (Å²) in [5.74, 6) is 1.05. The van der Waals surface area contributed by atoms with E-state index in [1.807, 2.05) is 36.4 Å². The summed E-state index contributed by atoms with van der Waals surface area (Å²) in [6.07, 6.45) is 2.99. The van der Waals surface area contributed by atoms with Gasteiger partial charge in [-0.3, -0.25) is 4.90 Å².